The zero-order chi connectivity index (χ0) is 15.4. The summed E-state index contributed by atoms with van der Waals surface area (Å²) in [7, 11) is 1.33. The molecule has 1 aromatic heterocycles. The molecule has 0 saturated heterocycles. The van der Waals surface area contributed by atoms with E-state index in [1.807, 2.05) is 0 Å². The second kappa shape index (κ2) is 6.12. The van der Waals surface area contributed by atoms with Crippen molar-refractivity contribution in [3.05, 3.63) is 53.7 Å². The van der Waals surface area contributed by atoms with Crippen LogP contribution in [0.2, 0.25) is 0 Å². The van der Waals surface area contributed by atoms with Gasteiger partial charge >= 0.3 is 0 Å². The highest BCUT2D eigenvalue weighted by Gasteiger charge is 2.26. The number of likely N-dealkylation sites (N-methyl/N-ethyl adjacent to an activating group) is 1. The molecule has 21 heavy (non-hydrogen) atoms. The third-order valence-corrected chi connectivity index (χ3v) is 2.72. The number of hydrogen-bond donors (Lipinski definition) is 2. The van der Waals surface area contributed by atoms with E-state index in [0.29, 0.717) is 6.07 Å². The average Bonchev–Trinajstić information content (AvgIpc) is 2.98. The summed E-state index contributed by atoms with van der Waals surface area (Å²) in [6, 6.07) is 1.40. The van der Waals surface area contributed by atoms with Gasteiger partial charge in [-0.1, -0.05) is 6.07 Å². The first kappa shape index (κ1) is 14.6. The predicted molar refractivity (Wildman–Crippen MR) is 67.1 cm³/mol. The smallest absolute Gasteiger partial charge is 0.274 e. The number of nitrogens with zero attached hydrogens (tertiary/aromatic N) is 1. The van der Waals surface area contributed by atoms with Crippen molar-refractivity contribution in [2.24, 2.45) is 0 Å². The van der Waals surface area contributed by atoms with Crippen LogP contribution in [0.25, 0.3) is 0 Å². The second-order valence-electron chi connectivity index (χ2n) is 4.06. The number of nitrogens with one attached hydrogen (secondary N) is 2. The summed E-state index contributed by atoms with van der Waals surface area (Å²) in [4.78, 5) is 27.3. The van der Waals surface area contributed by atoms with E-state index in [1.54, 1.807) is 0 Å². The Morgan fingerprint density at radius 1 is 1.33 bits per heavy atom. The van der Waals surface area contributed by atoms with Gasteiger partial charge in [0.15, 0.2) is 12.1 Å². The summed E-state index contributed by atoms with van der Waals surface area (Å²) < 4.78 is 31.4. The monoisotopic (exact) mass is 295 g/mol. The Bertz CT molecular complexity index is 659. The van der Waals surface area contributed by atoms with E-state index in [-0.39, 0.29) is 11.3 Å². The summed E-state index contributed by atoms with van der Waals surface area (Å²) in [5, 5.41) is 4.61. The number of aromatic nitrogens is 1. The molecule has 0 aliphatic rings. The summed E-state index contributed by atoms with van der Waals surface area (Å²) in [5.74, 6) is -3.10. The molecule has 0 aliphatic heterocycles. The molecule has 2 amide bonds. The predicted octanol–water partition coefficient (Wildman–Crippen LogP) is 1.17. The Balaban J connectivity index is 2.30. The number of rotatable bonds is 4. The number of benzene rings is 1. The molecule has 8 heteroatoms. The Hall–Kier alpha value is -2.77. The fourth-order valence-corrected chi connectivity index (χ4v) is 1.69. The highest BCUT2D eigenvalue weighted by molar-refractivity contribution is 5.96. The van der Waals surface area contributed by atoms with Crippen molar-refractivity contribution in [2.45, 2.75) is 6.04 Å². The lowest BCUT2D eigenvalue weighted by molar-refractivity contribution is -0.122. The lowest BCUT2D eigenvalue weighted by atomic mass is 10.0. The quantitative estimate of drug-likeness (QED) is 0.887. The van der Waals surface area contributed by atoms with Crippen molar-refractivity contribution in [2.75, 3.05) is 7.05 Å². The molecule has 110 valence electrons. The topological polar surface area (TPSA) is 84.2 Å². The number of carbonyl (C=O) groups excluding carboxylic acids is 2. The van der Waals surface area contributed by atoms with Gasteiger partial charge in [0, 0.05) is 18.7 Å². The van der Waals surface area contributed by atoms with Crippen LogP contribution in [0, 0.1) is 11.6 Å². The molecule has 0 fully saturated rings. The number of hydrogen-bond acceptors (Lipinski definition) is 4. The minimum Gasteiger partial charge on any atom is -0.451 e. The lowest BCUT2D eigenvalue weighted by Gasteiger charge is -2.17. The first-order chi connectivity index (χ1) is 10.0. The average molecular weight is 295 g/mol. The lowest BCUT2D eigenvalue weighted by Crippen LogP contribution is -2.39. The van der Waals surface area contributed by atoms with Crippen LogP contribution in [0.1, 0.15) is 22.1 Å². The van der Waals surface area contributed by atoms with Crippen molar-refractivity contribution in [3.63, 3.8) is 0 Å². The maximum Gasteiger partial charge on any atom is 0.274 e. The molecule has 2 N–H and O–H groups in total. The van der Waals surface area contributed by atoms with Crippen LogP contribution in [-0.2, 0) is 4.79 Å². The third kappa shape index (κ3) is 3.22. The van der Waals surface area contributed by atoms with Gasteiger partial charge in [0.2, 0.25) is 5.91 Å². The summed E-state index contributed by atoms with van der Waals surface area (Å²) in [5.41, 5.74) is -0.223. The van der Waals surface area contributed by atoms with Gasteiger partial charge in [0.05, 0.1) is 0 Å². The molecule has 0 aliphatic carbocycles. The number of amides is 2. The normalized spacial score (nSPS) is 11.8. The van der Waals surface area contributed by atoms with E-state index in [2.05, 4.69) is 20.0 Å². The zero-order valence-corrected chi connectivity index (χ0v) is 10.9. The van der Waals surface area contributed by atoms with Crippen LogP contribution in [-0.4, -0.2) is 23.8 Å². The fourth-order valence-electron chi connectivity index (χ4n) is 1.69. The van der Waals surface area contributed by atoms with E-state index in [1.165, 1.54) is 7.05 Å². The molecule has 0 saturated carbocycles. The number of carbonyl (C=O) groups is 2. The van der Waals surface area contributed by atoms with Gasteiger partial charge in [0.1, 0.15) is 23.9 Å². The second-order valence-corrected chi connectivity index (χ2v) is 4.06. The van der Waals surface area contributed by atoms with Crippen molar-refractivity contribution in [1.29, 1.82) is 0 Å². The van der Waals surface area contributed by atoms with Gasteiger partial charge in [-0.3, -0.25) is 9.59 Å². The SMILES string of the molecule is CNC(=O)[C@@H](NC(=O)c1cocn1)c1ccc(F)cc1F. The van der Waals surface area contributed by atoms with Crippen LogP contribution in [0.3, 0.4) is 0 Å². The van der Waals surface area contributed by atoms with Crippen molar-refractivity contribution < 1.29 is 22.8 Å². The van der Waals surface area contributed by atoms with Crippen molar-refractivity contribution in [3.8, 4) is 0 Å². The highest BCUT2D eigenvalue weighted by atomic mass is 19.1. The van der Waals surface area contributed by atoms with E-state index < -0.39 is 29.5 Å². The molecule has 0 spiro atoms. The van der Waals surface area contributed by atoms with E-state index >= 15 is 0 Å². The van der Waals surface area contributed by atoms with Crippen LogP contribution >= 0.6 is 0 Å². The van der Waals surface area contributed by atoms with Gasteiger partial charge < -0.3 is 15.1 Å². The fraction of sp³-hybridized carbons (Fsp3) is 0.154. The molecule has 2 rings (SSSR count). The Kier molecular flexibility index (Phi) is 4.27. The third-order valence-electron chi connectivity index (χ3n) is 2.72. The number of oxazole rings is 1. The van der Waals surface area contributed by atoms with Crippen molar-refractivity contribution in [1.82, 2.24) is 15.6 Å². The zero-order valence-electron chi connectivity index (χ0n) is 10.9. The largest absolute Gasteiger partial charge is 0.451 e. The molecule has 6 nitrogen and oxygen atoms in total. The molecule has 0 bridgehead atoms. The van der Waals surface area contributed by atoms with Gasteiger partial charge in [-0.25, -0.2) is 13.8 Å². The van der Waals surface area contributed by atoms with Crippen molar-refractivity contribution >= 4 is 11.8 Å². The maximum absolute atomic E-state index is 13.8. The molecular weight excluding hydrogens is 284 g/mol. The van der Waals surface area contributed by atoms with Crippen LogP contribution < -0.4 is 10.6 Å². The van der Waals surface area contributed by atoms with Gasteiger partial charge in [-0.2, -0.15) is 0 Å². The minimum atomic E-state index is -1.32. The standard InChI is InChI=1S/C13H11F2N3O3/c1-16-13(20)11(8-3-2-7(14)4-9(8)15)18-12(19)10-5-21-6-17-10/h2-6,11H,1H3,(H,16,20)(H,18,19)/t11-/m0/s1. The van der Waals surface area contributed by atoms with Gasteiger partial charge in [0.25, 0.3) is 5.91 Å². The minimum absolute atomic E-state index is 0.0635. The molecule has 1 atom stereocenters. The van der Waals surface area contributed by atoms with E-state index in [0.717, 1.165) is 24.8 Å². The molecule has 1 aromatic carbocycles. The Morgan fingerprint density at radius 2 is 2.10 bits per heavy atom. The summed E-state index contributed by atoms with van der Waals surface area (Å²) in [6.45, 7) is 0. The van der Waals surface area contributed by atoms with E-state index in [9.17, 15) is 18.4 Å². The van der Waals surface area contributed by atoms with Crippen LogP contribution in [0.5, 0.6) is 0 Å². The molecule has 2 aromatic rings. The molecular formula is C13H11F2N3O3. The van der Waals surface area contributed by atoms with Gasteiger partial charge in [-0.05, 0) is 6.07 Å². The number of halogens is 2. The molecule has 0 unspecified atom stereocenters. The Morgan fingerprint density at radius 3 is 2.67 bits per heavy atom. The van der Waals surface area contributed by atoms with Gasteiger partial charge in [-0.15, -0.1) is 0 Å². The first-order valence-electron chi connectivity index (χ1n) is 5.88. The van der Waals surface area contributed by atoms with Crippen LogP contribution in [0.15, 0.2) is 35.3 Å². The van der Waals surface area contributed by atoms with E-state index in [4.69, 9.17) is 0 Å². The molecule has 0 radical (unpaired) electrons. The molecule has 1 heterocycles. The summed E-state index contributed by atoms with van der Waals surface area (Å²) >= 11 is 0. The maximum atomic E-state index is 13.8. The summed E-state index contributed by atoms with van der Waals surface area (Å²) in [6.07, 6.45) is 2.12. The highest BCUT2D eigenvalue weighted by Crippen LogP contribution is 2.19. The first-order valence-corrected chi connectivity index (χ1v) is 5.88. The van der Waals surface area contributed by atoms with Crippen LogP contribution in [0.4, 0.5) is 8.78 Å². The Labute approximate surface area is 118 Å².